The molecule has 2 aromatic rings. The first-order valence-electron chi connectivity index (χ1n) is 5.55. The molecule has 1 aromatic heterocycles. The second-order valence-corrected chi connectivity index (χ2v) is 6.15. The number of nitrogens with zero attached hydrogens (tertiary/aromatic N) is 2. The Morgan fingerprint density at radius 2 is 1.94 bits per heavy atom. The number of thioether (sulfide) groups is 2. The van der Waals surface area contributed by atoms with Crippen molar-refractivity contribution in [2.75, 3.05) is 5.75 Å². The highest BCUT2D eigenvalue weighted by atomic mass is 35.5. The largest absolute Gasteiger partial charge is 0.415 e. The molecule has 1 heterocycles. The summed E-state index contributed by atoms with van der Waals surface area (Å²) in [5.74, 6) is 3.28. The molecular weight excluding hydrogens is 288 g/mol. The quantitative estimate of drug-likeness (QED) is 0.745. The van der Waals surface area contributed by atoms with E-state index in [0.717, 1.165) is 22.3 Å². The minimum atomic E-state index is 0.652. The Morgan fingerprint density at radius 1 is 1.17 bits per heavy atom. The molecule has 0 saturated carbocycles. The van der Waals surface area contributed by atoms with Gasteiger partial charge in [-0.05, 0) is 23.4 Å². The van der Waals surface area contributed by atoms with Crippen molar-refractivity contribution in [3.8, 4) is 0 Å². The molecule has 0 amide bonds. The number of aromatic nitrogens is 2. The first-order valence-corrected chi connectivity index (χ1v) is 8.07. The van der Waals surface area contributed by atoms with Gasteiger partial charge in [-0.3, -0.25) is 0 Å². The Morgan fingerprint density at radius 3 is 2.67 bits per heavy atom. The zero-order chi connectivity index (χ0) is 12.8. The van der Waals surface area contributed by atoms with Crippen molar-refractivity contribution >= 4 is 35.1 Å². The SMILES string of the molecule is CCSc1nnc(CSCc2ccc(Cl)cc2)o1. The molecule has 0 aliphatic heterocycles. The Bertz CT molecular complexity index is 487. The van der Waals surface area contributed by atoms with Gasteiger partial charge < -0.3 is 4.42 Å². The van der Waals surface area contributed by atoms with Gasteiger partial charge in [0.15, 0.2) is 0 Å². The van der Waals surface area contributed by atoms with Gasteiger partial charge in [-0.2, -0.15) is 0 Å². The first-order chi connectivity index (χ1) is 8.78. The Labute approximate surface area is 120 Å². The van der Waals surface area contributed by atoms with E-state index in [0.29, 0.717) is 11.1 Å². The van der Waals surface area contributed by atoms with Crippen LogP contribution >= 0.6 is 35.1 Å². The number of halogens is 1. The summed E-state index contributed by atoms with van der Waals surface area (Å²) in [5.41, 5.74) is 1.24. The molecule has 0 aliphatic carbocycles. The third-order valence-corrected chi connectivity index (χ3v) is 4.06. The van der Waals surface area contributed by atoms with E-state index in [1.807, 2.05) is 24.3 Å². The highest BCUT2D eigenvalue weighted by Crippen LogP contribution is 2.21. The molecular formula is C12H13ClN2OS2. The highest BCUT2D eigenvalue weighted by Gasteiger charge is 2.05. The fourth-order valence-corrected chi connectivity index (χ4v) is 2.76. The van der Waals surface area contributed by atoms with Crippen LogP contribution < -0.4 is 0 Å². The van der Waals surface area contributed by atoms with Gasteiger partial charge in [-0.15, -0.1) is 22.0 Å². The molecule has 0 radical (unpaired) electrons. The second kappa shape index (κ2) is 7.07. The molecule has 0 fully saturated rings. The summed E-state index contributed by atoms with van der Waals surface area (Å²) < 4.78 is 5.48. The van der Waals surface area contributed by atoms with Crippen LogP contribution in [0.15, 0.2) is 33.9 Å². The van der Waals surface area contributed by atoms with Crippen LogP contribution in [-0.4, -0.2) is 16.0 Å². The van der Waals surface area contributed by atoms with Gasteiger partial charge in [-0.25, -0.2) is 0 Å². The molecule has 6 heteroatoms. The van der Waals surface area contributed by atoms with E-state index in [1.54, 1.807) is 23.5 Å². The maximum atomic E-state index is 5.83. The predicted octanol–water partition coefficient (Wildman–Crippen LogP) is 4.27. The van der Waals surface area contributed by atoms with Crippen LogP contribution in [0.2, 0.25) is 5.02 Å². The average Bonchev–Trinajstić information content (AvgIpc) is 2.80. The van der Waals surface area contributed by atoms with Crippen molar-refractivity contribution in [3.63, 3.8) is 0 Å². The van der Waals surface area contributed by atoms with Crippen molar-refractivity contribution in [1.82, 2.24) is 10.2 Å². The lowest BCUT2D eigenvalue weighted by Gasteiger charge is -1.99. The van der Waals surface area contributed by atoms with Gasteiger partial charge >= 0.3 is 0 Å². The molecule has 0 saturated heterocycles. The average molecular weight is 301 g/mol. The third-order valence-electron chi connectivity index (χ3n) is 2.12. The van der Waals surface area contributed by atoms with Crippen LogP contribution in [0.4, 0.5) is 0 Å². The van der Waals surface area contributed by atoms with Crippen molar-refractivity contribution in [1.29, 1.82) is 0 Å². The molecule has 0 bridgehead atoms. The molecule has 18 heavy (non-hydrogen) atoms. The summed E-state index contributed by atoms with van der Waals surface area (Å²) >= 11 is 9.14. The first kappa shape index (κ1) is 13.8. The minimum Gasteiger partial charge on any atom is -0.415 e. The third kappa shape index (κ3) is 4.23. The van der Waals surface area contributed by atoms with Crippen molar-refractivity contribution in [2.24, 2.45) is 0 Å². The van der Waals surface area contributed by atoms with E-state index in [2.05, 4.69) is 17.1 Å². The number of hydrogen-bond acceptors (Lipinski definition) is 5. The van der Waals surface area contributed by atoms with Gasteiger partial charge in [0.2, 0.25) is 5.89 Å². The molecule has 0 N–H and O–H groups in total. The second-order valence-electron chi connectivity index (χ2n) is 3.51. The lowest BCUT2D eigenvalue weighted by Crippen LogP contribution is -1.83. The van der Waals surface area contributed by atoms with Gasteiger partial charge in [0.1, 0.15) is 0 Å². The molecule has 0 atom stereocenters. The smallest absolute Gasteiger partial charge is 0.276 e. The van der Waals surface area contributed by atoms with E-state index >= 15 is 0 Å². The minimum absolute atomic E-state index is 0.652. The van der Waals surface area contributed by atoms with E-state index < -0.39 is 0 Å². The van der Waals surface area contributed by atoms with Crippen molar-refractivity contribution in [2.45, 2.75) is 23.7 Å². The van der Waals surface area contributed by atoms with E-state index in [-0.39, 0.29) is 0 Å². The molecule has 0 spiro atoms. The van der Waals surface area contributed by atoms with Crippen LogP contribution in [0.1, 0.15) is 18.4 Å². The summed E-state index contributed by atoms with van der Waals surface area (Å²) in [6.07, 6.45) is 0. The maximum Gasteiger partial charge on any atom is 0.276 e. The molecule has 3 nitrogen and oxygen atoms in total. The van der Waals surface area contributed by atoms with Crippen LogP contribution in [0, 0.1) is 0 Å². The van der Waals surface area contributed by atoms with Gasteiger partial charge in [0.25, 0.3) is 5.22 Å². The predicted molar refractivity (Wildman–Crippen MR) is 77.1 cm³/mol. The summed E-state index contributed by atoms with van der Waals surface area (Å²) in [4.78, 5) is 0. The fraction of sp³-hybridized carbons (Fsp3) is 0.333. The number of hydrogen-bond donors (Lipinski definition) is 0. The molecule has 1 aromatic carbocycles. The molecule has 0 unspecified atom stereocenters. The summed E-state index contributed by atoms with van der Waals surface area (Å²) in [6, 6.07) is 7.86. The molecule has 0 aliphatic rings. The summed E-state index contributed by atoms with van der Waals surface area (Å²) in [6.45, 7) is 2.06. The van der Waals surface area contributed by atoms with E-state index in [4.69, 9.17) is 16.0 Å². The summed E-state index contributed by atoms with van der Waals surface area (Å²) in [7, 11) is 0. The zero-order valence-electron chi connectivity index (χ0n) is 9.93. The lowest BCUT2D eigenvalue weighted by atomic mass is 10.2. The topological polar surface area (TPSA) is 38.9 Å². The number of benzene rings is 1. The Kier molecular flexibility index (Phi) is 5.41. The maximum absolute atomic E-state index is 5.83. The summed E-state index contributed by atoms with van der Waals surface area (Å²) in [5, 5.41) is 9.38. The molecule has 2 rings (SSSR count). The van der Waals surface area contributed by atoms with Crippen LogP contribution in [-0.2, 0) is 11.5 Å². The fourth-order valence-electron chi connectivity index (χ4n) is 1.32. The normalized spacial score (nSPS) is 10.8. The van der Waals surface area contributed by atoms with Crippen LogP contribution in [0.5, 0.6) is 0 Å². The monoisotopic (exact) mass is 300 g/mol. The Hall–Kier alpha value is -0.650. The molecule has 96 valence electrons. The van der Waals surface area contributed by atoms with Crippen molar-refractivity contribution in [3.05, 3.63) is 40.7 Å². The van der Waals surface area contributed by atoms with Crippen LogP contribution in [0.3, 0.4) is 0 Å². The van der Waals surface area contributed by atoms with E-state index in [9.17, 15) is 0 Å². The van der Waals surface area contributed by atoms with Crippen LogP contribution in [0.25, 0.3) is 0 Å². The van der Waals surface area contributed by atoms with Crippen molar-refractivity contribution < 1.29 is 4.42 Å². The zero-order valence-corrected chi connectivity index (χ0v) is 12.3. The number of rotatable bonds is 6. The van der Waals surface area contributed by atoms with E-state index in [1.165, 1.54) is 5.56 Å². The Balaban J connectivity index is 1.79. The standard InChI is InChI=1S/C12H13ClN2OS2/c1-2-18-12-15-14-11(16-12)8-17-7-9-3-5-10(13)6-4-9/h3-6H,2,7-8H2,1H3. The van der Waals surface area contributed by atoms with Gasteiger partial charge in [-0.1, -0.05) is 42.4 Å². The lowest BCUT2D eigenvalue weighted by molar-refractivity contribution is 0.426. The van der Waals surface area contributed by atoms with Gasteiger partial charge in [0.05, 0.1) is 5.75 Å². The van der Waals surface area contributed by atoms with Gasteiger partial charge in [0, 0.05) is 10.8 Å². The highest BCUT2D eigenvalue weighted by molar-refractivity contribution is 7.99.